The lowest BCUT2D eigenvalue weighted by atomic mass is 10.3. The number of nitrogens with one attached hydrogen (secondary N) is 1. The molecule has 0 aliphatic heterocycles. The zero-order valence-corrected chi connectivity index (χ0v) is 11.7. The Bertz CT molecular complexity index is 525. The van der Waals surface area contributed by atoms with Crippen LogP contribution in [0.1, 0.15) is 19.2 Å². The molecule has 1 aromatic carbocycles. The fraction of sp³-hybridized carbons (Fsp3) is 0.308. The third kappa shape index (κ3) is 3.10. The van der Waals surface area contributed by atoms with Gasteiger partial charge in [0.15, 0.2) is 0 Å². The topological polar surface area (TPSA) is 29.9 Å². The van der Waals surface area contributed by atoms with Crippen molar-refractivity contribution in [2.75, 3.05) is 5.32 Å². The highest BCUT2D eigenvalue weighted by molar-refractivity contribution is 9.10. The lowest BCUT2D eigenvalue weighted by Gasteiger charge is -2.09. The van der Waals surface area contributed by atoms with Crippen LogP contribution in [0.15, 0.2) is 35.1 Å². The number of hydrogen-bond acceptors (Lipinski definition) is 2. The number of rotatable bonds is 5. The first-order chi connectivity index (χ1) is 8.70. The highest BCUT2D eigenvalue weighted by atomic mass is 79.9. The van der Waals surface area contributed by atoms with Crippen LogP contribution in [-0.4, -0.2) is 9.55 Å². The van der Waals surface area contributed by atoms with Crippen molar-refractivity contribution in [3.8, 4) is 0 Å². The number of nitrogens with zero attached hydrogens (tertiary/aromatic N) is 2. The molecule has 0 atom stereocenters. The van der Waals surface area contributed by atoms with Crippen LogP contribution in [0.3, 0.4) is 0 Å². The summed E-state index contributed by atoms with van der Waals surface area (Å²) in [6.07, 6.45) is 4.81. The summed E-state index contributed by atoms with van der Waals surface area (Å²) in [5.74, 6) is 0.692. The molecule has 0 unspecified atom stereocenters. The zero-order chi connectivity index (χ0) is 13.0. The molecule has 18 heavy (non-hydrogen) atoms. The molecule has 3 nitrogen and oxygen atoms in total. The second kappa shape index (κ2) is 6.00. The Morgan fingerprint density at radius 3 is 3.00 bits per heavy atom. The monoisotopic (exact) mass is 311 g/mol. The van der Waals surface area contributed by atoms with E-state index < -0.39 is 0 Å². The van der Waals surface area contributed by atoms with Crippen LogP contribution in [0, 0.1) is 5.82 Å². The van der Waals surface area contributed by atoms with Gasteiger partial charge in [0.25, 0.3) is 0 Å². The lowest BCUT2D eigenvalue weighted by Crippen LogP contribution is -2.08. The Balaban J connectivity index is 2.02. The Hall–Kier alpha value is -1.36. The minimum absolute atomic E-state index is 0.267. The second-order valence-corrected chi connectivity index (χ2v) is 4.87. The van der Waals surface area contributed by atoms with Crippen molar-refractivity contribution in [1.29, 1.82) is 0 Å². The SMILES string of the molecule is CCCn1ccnc1CNc1ccc(Br)c(F)c1. The Labute approximate surface area is 114 Å². The normalized spacial score (nSPS) is 10.6. The maximum Gasteiger partial charge on any atom is 0.139 e. The third-order valence-electron chi connectivity index (χ3n) is 2.64. The van der Waals surface area contributed by atoms with Crippen LogP contribution >= 0.6 is 15.9 Å². The van der Waals surface area contributed by atoms with Crippen molar-refractivity contribution in [2.24, 2.45) is 0 Å². The highest BCUT2D eigenvalue weighted by Gasteiger charge is 2.03. The van der Waals surface area contributed by atoms with E-state index in [2.05, 4.69) is 37.7 Å². The van der Waals surface area contributed by atoms with Gasteiger partial charge in [0, 0.05) is 24.6 Å². The fourth-order valence-corrected chi connectivity index (χ4v) is 1.99. The van der Waals surface area contributed by atoms with Gasteiger partial charge in [0.1, 0.15) is 11.6 Å². The maximum atomic E-state index is 13.3. The van der Waals surface area contributed by atoms with Gasteiger partial charge in [0.2, 0.25) is 0 Å². The number of imidazole rings is 1. The molecule has 0 aliphatic carbocycles. The van der Waals surface area contributed by atoms with Crippen LogP contribution in [0.4, 0.5) is 10.1 Å². The Morgan fingerprint density at radius 1 is 1.44 bits per heavy atom. The lowest BCUT2D eigenvalue weighted by molar-refractivity contribution is 0.621. The molecule has 5 heteroatoms. The number of halogens is 2. The van der Waals surface area contributed by atoms with Crippen molar-refractivity contribution in [3.05, 3.63) is 46.7 Å². The molecule has 0 fully saturated rings. The number of aryl methyl sites for hydroxylation is 1. The predicted molar refractivity (Wildman–Crippen MR) is 73.9 cm³/mol. The van der Waals surface area contributed by atoms with E-state index in [1.807, 2.05) is 12.3 Å². The average Bonchev–Trinajstić information content (AvgIpc) is 2.79. The van der Waals surface area contributed by atoms with E-state index in [4.69, 9.17) is 0 Å². The molecule has 0 saturated carbocycles. The maximum absolute atomic E-state index is 13.3. The minimum Gasteiger partial charge on any atom is -0.378 e. The second-order valence-electron chi connectivity index (χ2n) is 4.02. The van der Waals surface area contributed by atoms with Crippen LogP contribution in [0.5, 0.6) is 0 Å². The highest BCUT2D eigenvalue weighted by Crippen LogP contribution is 2.19. The third-order valence-corrected chi connectivity index (χ3v) is 3.28. The van der Waals surface area contributed by atoms with Gasteiger partial charge in [-0.2, -0.15) is 0 Å². The molecule has 0 saturated heterocycles. The fourth-order valence-electron chi connectivity index (χ4n) is 1.74. The summed E-state index contributed by atoms with van der Waals surface area (Å²) >= 11 is 3.13. The van der Waals surface area contributed by atoms with Gasteiger partial charge in [-0.15, -0.1) is 0 Å². The van der Waals surface area contributed by atoms with Crippen molar-refractivity contribution in [1.82, 2.24) is 9.55 Å². The van der Waals surface area contributed by atoms with Gasteiger partial charge < -0.3 is 9.88 Å². The first-order valence-corrected chi connectivity index (χ1v) is 6.69. The Morgan fingerprint density at radius 2 is 2.28 bits per heavy atom. The van der Waals surface area contributed by atoms with Crippen molar-refractivity contribution in [2.45, 2.75) is 26.4 Å². The summed E-state index contributed by atoms with van der Waals surface area (Å²) in [6.45, 7) is 3.67. The molecule has 1 N–H and O–H groups in total. The number of aromatic nitrogens is 2. The molecule has 2 aromatic rings. The van der Waals surface area contributed by atoms with Gasteiger partial charge >= 0.3 is 0 Å². The zero-order valence-electron chi connectivity index (χ0n) is 10.2. The van der Waals surface area contributed by atoms with Crippen LogP contribution in [-0.2, 0) is 13.1 Å². The van der Waals surface area contributed by atoms with E-state index in [-0.39, 0.29) is 5.82 Å². The van der Waals surface area contributed by atoms with E-state index in [1.54, 1.807) is 12.3 Å². The molecule has 0 amide bonds. The summed E-state index contributed by atoms with van der Waals surface area (Å²) in [7, 11) is 0. The van der Waals surface area contributed by atoms with Gasteiger partial charge in [-0.05, 0) is 40.5 Å². The van der Waals surface area contributed by atoms with Gasteiger partial charge in [-0.25, -0.2) is 9.37 Å². The standard InChI is InChI=1S/C13H15BrFN3/c1-2-6-18-7-5-16-13(18)9-17-10-3-4-11(14)12(15)8-10/h3-5,7-8,17H,2,6,9H2,1H3. The molecule has 2 rings (SSSR count). The number of benzene rings is 1. The molecular formula is C13H15BrFN3. The van der Waals surface area contributed by atoms with E-state index >= 15 is 0 Å². The molecule has 1 heterocycles. The summed E-state index contributed by atoms with van der Waals surface area (Å²) < 4.78 is 15.9. The summed E-state index contributed by atoms with van der Waals surface area (Å²) in [6, 6.07) is 4.99. The number of anilines is 1. The van der Waals surface area contributed by atoms with Crippen LogP contribution < -0.4 is 5.32 Å². The molecule has 0 radical (unpaired) electrons. The van der Waals surface area contributed by atoms with Crippen molar-refractivity contribution in [3.63, 3.8) is 0 Å². The molecule has 0 spiro atoms. The predicted octanol–water partition coefficient (Wildman–Crippen LogP) is 3.81. The first kappa shape index (κ1) is 13.1. The van der Waals surface area contributed by atoms with E-state index in [1.165, 1.54) is 6.07 Å². The van der Waals surface area contributed by atoms with Crippen LogP contribution in [0.25, 0.3) is 0 Å². The summed E-state index contributed by atoms with van der Waals surface area (Å²) in [5.41, 5.74) is 0.752. The average molecular weight is 312 g/mol. The quantitative estimate of drug-likeness (QED) is 0.910. The molecule has 0 bridgehead atoms. The first-order valence-electron chi connectivity index (χ1n) is 5.89. The van der Waals surface area contributed by atoms with Crippen molar-refractivity contribution < 1.29 is 4.39 Å². The molecular weight excluding hydrogens is 297 g/mol. The minimum atomic E-state index is -0.267. The van der Waals surface area contributed by atoms with Crippen molar-refractivity contribution >= 4 is 21.6 Å². The summed E-state index contributed by atoms with van der Waals surface area (Å²) in [5, 5.41) is 3.17. The Kier molecular flexibility index (Phi) is 4.36. The van der Waals surface area contributed by atoms with Gasteiger partial charge in [0.05, 0.1) is 11.0 Å². The largest absolute Gasteiger partial charge is 0.378 e. The summed E-state index contributed by atoms with van der Waals surface area (Å²) in [4.78, 5) is 4.29. The van der Waals surface area contributed by atoms with E-state index in [9.17, 15) is 4.39 Å². The van der Waals surface area contributed by atoms with E-state index in [0.717, 1.165) is 24.5 Å². The molecule has 1 aromatic heterocycles. The van der Waals surface area contributed by atoms with E-state index in [0.29, 0.717) is 11.0 Å². The molecule has 0 aliphatic rings. The molecule has 96 valence electrons. The number of hydrogen-bond donors (Lipinski definition) is 1. The van der Waals surface area contributed by atoms with Gasteiger partial charge in [-0.3, -0.25) is 0 Å². The van der Waals surface area contributed by atoms with Crippen LogP contribution in [0.2, 0.25) is 0 Å². The van der Waals surface area contributed by atoms with Gasteiger partial charge in [-0.1, -0.05) is 6.92 Å². The smallest absolute Gasteiger partial charge is 0.139 e.